The lowest BCUT2D eigenvalue weighted by Crippen LogP contribution is -2.68. The van der Waals surface area contributed by atoms with Crippen LogP contribution in [0.4, 0.5) is 14.4 Å². The molecule has 1 fully saturated rings. The first-order chi connectivity index (χ1) is 27.8. The number of carbonyl (C=O) groups excluding carboxylic acids is 5. The van der Waals surface area contributed by atoms with Gasteiger partial charge in [-0.2, -0.15) is 0 Å². The Morgan fingerprint density at radius 2 is 1.32 bits per heavy atom. The Kier molecular flexibility index (Phi) is 15.5. The van der Waals surface area contributed by atoms with Gasteiger partial charge in [0.25, 0.3) is 0 Å². The van der Waals surface area contributed by atoms with E-state index in [2.05, 4.69) is 10.6 Å². The van der Waals surface area contributed by atoms with E-state index in [4.69, 9.17) is 18.9 Å². The van der Waals surface area contributed by atoms with Crippen LogP contribution in [0, 0.1) is 0 Å². The van der Waals surface area contributed by atoms with Crippen LogP contribution in [0.25, 0.3) is 10.9 Å². The van der Waals surface area contributed by atoms with Crippen LogP contribution in [0.15, 0.2) is 60.8 Å². The highest BCUT2D eigenvalue weighted by molar-refractivity contribution is 5.92. The van der Waals surface area contributed by atoms with Gasteiger partial charge in [0.2, 0.25) is 5.91 Å². The molecule has 2 N–H and O–H groups in total. The van der Waals surface area contributed by atoms with E-state index in [0.717, 1.165) is 16.5 Å². The molecule has 0 radical (unpaired) electrons. The fraction of sp³-hybridized carbons (Fsp3) is 0.587. The van der Waals surface area contributed by atoms with E-state index in [-0.39, 0.29) is 25.4 Å². The molecule has 1 aliphatic heterocycles. The minimum Gasteiger partial charge on any atom is -0.459 e. The summed E-state index contributed by atoms with van der Waals surface area (Å²) in [6.45, 7) is 22.0. The minimum atomic E-state index is -0.824. The van der Waals surface area contributed by atoms with Crippen molar-refractivity contribution in [2.24, 2.45) is 0 Å². The summed E-state index contributed by atoms with van der Waals surface area (Å²) in [7, 11) is 0. The van der Waals surface area contributed by atoms with Gasteiger partial charge in [0, 0.05) is 37.3 Å². The van der Waals surface area contributed by atoms with Crippen LogP contribution < -0.4 is 10.6 Å². The average Bonchev–Trinajstić information content (AvgIpc) is 3.46. The molecule has 14 nitrogen and oxygen atoms in total. The zero-order chi connectivity index (χ0) is 44.6. The number of unbranched alkanes of at least 4 members (excludes halogenated alkanes) is 1. The zero-order valence-corrected chi connectivity index (χ0v) is 37.7. The third kappa shape index (κ3) is 14.9. The molecule has 3 amide bonds. The maximum Gasteiger partial charge on any atom is 0.419 e. The van der Waals surface area contributed by atoms with Gasteiger partial charge in [-0.25, -0.2) is 14.4 Å². The number of hydrogen-bond donors (Lipinski definition) is 2. The summed E-state index contributed by atoms with van der Waals surface area (Å²) in [5.41, 5.74) is -0.725. The molecule has 0 aliphatic carbocycles. The zero-order valence-electron chi connectivity index (χ0n) is 37.7. The Bertz CT molecular complexity index is 1950. The third-order valence-electron chi connectivity index (χ3n) is 9.34. The standard InChI is InChI=1S/C46H67N5O9/c1-43(2,3)57-38(52)30-50-36(24-18-19-25-47-40(54)58-44(4,5)6)39(53)49(27-31-20-14-13-15-21-31)29-37(50)34(48-41(55)59-45(7,8)9)26-32-28-51(42(56)60-46(10,11)12)35-23-17-16-22-33(32)35/h13-17,20-23,28,34,36-37H,18-19,24-27,29-30H2,1-12H3,(H,47,54)(H,48,55)/t34-,36-,37-/m0/s1. The van der Waals surface area contributed by atoms with Gasteiger partial charge in [0.15, 0.2) is 0 Å². The molecule has 0 bridgehead atoms. The maximum absolute atomic E-state index is 14.7. The van der Waals surface area contributed by atoms with Crippen LogP contribution in [-0.2, 0) is 41.5 Å². The van der Waals surface area contributed by atoms with Crippen LogP contribution >= 0.6 is 0 Å². The van der Waals surface area contributed by atoms with Crippen LogP contribution in [0.5, 0.6) is 0 Å². The largest absolute Gasteiger partial charge is 0.459 e. The SMILES string of the molecule is CC(C)(C)OC(=O)CN1[C@@H](CCCCNC(=O)OC(C)(C)C)C(=O)N(Cc2ccccc2)C[C@H]1[C@H](Cc1cn(C(=O)OC(C)(C)C)c2ccccc12)NC(=O)OC(C)(C)C. The average molecular weight is 834 g/mol. The Balaban J connectivity index is 1.81. The van der Waals surface area contributed by atoms with Gasteiger partial charge in [-0.3, -0.25) is 19.1 Å². The lowest BCUT2D eigenvalue weighted by atomic mass is 9.91. The fourth-order valence-electron chi connectivity index (χ4n) is 7.17. The summed E-state index contributed by atoms with van der Waals surface area (Å²) < 4.78 is 24.3. The molecule has 0 unspecified atom stereocenters. The first-order valence-electron chi connectivity index (χ1n) is 20.9. The summed E-state index contributed by atoms with van der Waals surface area (Å²) in [6, 6.07) is 14.9. The van der Waals surface area contributed by atoms with Crippen molar-refractivity contribution in [1.29, 1.82) is 0 Å². The van der Waals surface area contributed by atoms with E-state index < -0.39 is 64.8 Å². The molecule has 3 atom stereocenters. The molecule has 3 aromatic rings. The predicted octanol–water partition coefficient (Wildman–Crippen LogP) is 7.98. The number of esters is 1. The number of nitrogens with zero attached hydrogens (tertiary/aromatic N) is 3. The van der Waals surface area contributed by atoms with Gasteiger partial charge in [0.1, 0.15) is 22.4 Å². The lowest BCUT2D eigenvalue weighted by molar-refractivity contribution is -0.162. The van der Waals surface area contributed by atoms with E-state index in [9.17, 15) is 24.0 Å². The number of hydrogen-bond acceptors (Lipinski definition) is 10. The monoisotopic (exact) mass is 833 g/mol. The van der Waals surface area contributed by atoms with Crippen LogP contribution in [-0.4, -0.2) is 105 Å². The summed E-state index contributed by atoms with van der Waals surface area (Å²) in [6.07, 6.45) is 1.59. The molecule has 2 aromatic carbocycles. The van der Waals surface area contributed by atoms with Gasteiger partial charge in [0.05, 0.1) is 24.1 Å². The van der Waals surface area contributed by atoms with Gasteiger partial charge >= 0.3 is 24.2 Å². The highest BCUT2D eigenvalue weighted by Gasteiger charge is 2.45. The molecule has 2 heterocycles. The quantitative estimate of drug-likeness (QED) is 0.0983. The number of fused-ring (bicyclic) bond motifs is 1. The molecule has 60 heavy (non-hydrogen) atoms. The Hall–Kier alpha value is -5.11. The molecular weight excluding hydrogens is 767 g/mol. The topological polar surface area (TPSA) is 158 Å². The van der Waals surface area contributed by atoms with Crippen molar-refractivity contribution in [3.63, 3.8) is 0 Å². The van der Waals surface area contributed by atoms with Crippen LogP contribution in [0.1, 0.15) is 113 Å². The van der Waals surface area contributed by atoms with E-state index in [1.54, 1.807) is 94.2 Å². The summed E-state index contributed by atoms with van der Waals surface area (Å²) in [4.78, 5) is 71.9. The molecule has 330 valence electrons. The summed E-state index contributed by atoms with van der Waals surface area (Å²) >= 11 is 0. The minimum absolute atomic E-state index is 0.151. The molecule has 4 rings (SSSR count). The van der Waals surface area contributed by atoms with Crippen molar-refractivity contribution in [2.75, 3.05) is 19.6 Å². The Labute approximate surface area is 355 Å². The number of carbonyl (C=O) groups is 5. The van der Waals surface area contributed by atoms with Crippen LogP contribution in [0.2, 0.25) is 0 Å². The molecule has 1 aromatic heterocycles. The summed E-state index contributed by atoms with van der Waals surface area (Å²) in [5.74, 6) is -0.692. The molecule has 0 spiro atoms. The van der Waals surface area contributed by atoms with Crippen molar-refractivity contribution in [1.82, 2.24) is 25.0 Å². The van der Waals surface area contributed by atoms with E-state index in [0.29, 0.717) is 37.9 Å². The molecular formula is C46H67N5O9. The number of nitrogens with one attached hydrogen (secondary N) is 2. The second-order valence-corrected chi connectivity index (χ2v) is 19.4. The second kappa shape index (κ2) is 19.5. The molecule has 1 saturated heterocycles. The number of aromatic nitrogens is 1. The first kappa shape index (κ1) is 47.6. The number of amides is 3. The smallest absolute Gasteiger partial charge is 0.419 e. The van der Waals surface area contributed by atoms with Crippen molar-refractivity contribution >= 4 is 41.1 Å². The predicted molar refractivity (Wildman–Crippen MR) is 231 cm³/mol. The second-order valence-electron chi connectivity index (χ2n) is 19.4. The number of para-hydroxylation sites is 1. The number of alkyl carbamates (subject to hydrolysis) is 2. The summed E-state index contributed by atoms with van der Waals surface area (Å²) in [5, 5.41) is 6.70. The highest BCUT2D eigenvalue weighted by Crippen LogP contribution is 2.30. The van der Waals surface area contributed by atoms with Gasteiger partial charge in [-0.05, 0) is 126 Å². The molecule has 0 saturated carbocycles. The van der Waals surface area contributed by atoms with E-state index in [1.165, 1.54) is 4.57 Å². The maximum atomic E-state index is 14.7. The Morgan fingerprint density at radius 3 is 1.93 bits per heavy atom. The molecule has 1 aliphatic rings. The number of rotatable bonds is 13. The first-order valence-corrected chi connectivity index (χ1v) is 20.9. The number of benzene rings is 2. The fourth-order valence-corrected chi connectivity index (χ4v) is 7.17. The van der Waals surface area contributed by atoms with Gasteiger partial charge in [-0.15, -0.1) is 0 Å². The van der Waals surface area contributed by atoms with Crippen LogP contribution in [0.3, 0.4) is 0 Å². The van der Waals surface area contributed by atoms with Crippen molar-refractivity contribution in [3.8, 4) is 0 Å². The number of ether oxygens (including phenoxy) is 4. The highest BCUT2D eigenvalue weighted by atomic mass is 16.6. The van der Waals surface area contributed by atoms with Crippen molar-refractivity contribution < 1.29 is 42.9 Å². The third-order valence-corrected chi connectivity index (χ3v) is 9.34. The molecule has 14 heteroatoms. The van der Waals surface area contributed by atoms with E-state index in [1.807, 2.05) is 59.5 Å². The lowest BCUT2D eigenvalue weighted by Gasteiger charge is -2.48. The van der Waals surface area contributed by atoms with Crippen molar-refractivity contribution in [3.05, 3.63) is 71.9 Å². The Morgan fingerprint density at radius 1 is 0.733 bits per heavy atom. The van der Waals surface area contributed by atoms with E-state index >= 15 is 0 Å². The van der Waals surface area contributed by atoms with Crippen molar-refractivity contribution in [2.45, 2.75) is 156 Å². The van der Waals surface area contributed by atoms with Gasteiger partial charge < -0.3 is 34.5 Å². The van der Waals surface area contributed by atoms with Gasteiger partial charge in [-0.1, -0.05) is 48.5 Å². The normalized spacial score (nSPS) is 17.2. The number of piperazine rings is 1.